The minimum absolute atomic E-state index is 0.0257. The zero-order valence-corrected chi connectivity index (χ0v) is 16.8. The number of rotatable bonds is 8. The highest BCUT2D eigenvalue weighted by Crippen LogP contribution is 2.34. The van der Waals surface area contributed by atoms with Gasteiger partial charge in [-0.2, -0.15) is 0 Å². The van der Waals surface area contributed by atoms with Gasteiger partial charge in [0.15, 0.2) is 0 Å². The van der Waals surface area contributed by atoms with Crippen molar-refractivity contribution in [3.8, 4) is 0 Å². The van der Waals surface area contributed by atoms with Crippen molar-refractivity contribution in [2.75, 3.05) is 19.8 Å². The number of hydroxylamine groups is 2. The van der Waals surface area contributed by atoms with Crippen LogP contribution in [0.4, 0.5) is 4.79 Å². The predicted molar refractivity (Wildman–Crippen MR) is 99.6 cm³/mol. The van der Waals surface area contributed by atoms with E-state index in [2.05, 4.69) is 5.32 Å². The van der Waals surface area contributed by atoms with Crippen molar-refractivity contribution in [1.82, 2.24) is 10.4 Å². The number of carbonyl (C=O) groups is 5. The highest BCUT2D eigenvalue weighted by Gasteiger charge is 2.41. The van der Waals surface area contributed by atoms with Crippen molar-refractivity contribution >= 4 is 29.8 Å². The predicted octanol–water partition coefficient (Wildman–Crippen LogP) is 0.926. The third-order valence-electron chi connectivity index (χ3n) is 4.87. The summed E-state index contributed by atoms with van der Waals surface area (Å²) in [6, 6.07) is 0. The molecule has 0 spiro atoms. The first-order chi connectivity index (χ1) is 14.2. The van der Waals surface area contributed by atoms with Gasteiger partial charge in [-0.25, -0.2) is 14.4 Å². The zero-order valence-electron chi connectivity index (χ0n) is 16.8. The lowest BCUT2D eigenvalue weighted by Crippen LogP contribution is -2.40. The monoisotopic (exact) mass is 426 g/mol. The van der Waals surface area contributed by atoms with Crippen molar-refractivity contribution in [3.05, 3.63) is 12.2 Å². The Labute approximate surface area is 173 Å². The summed E-state index contributed by atoms with van der Waals surface area (Å²) in [5.41, 5.74) is -0.948. The molecule has 1 aliphatic heterocycles. The third kappa shape index (κ3) is 6.83. The first-order valence-electron chi connectivity index (χ1n) is 9.70. The normalized spacial score (nSPS) is 25.2. The van der Waals surface area contributed by atoms with Crippen LogP contribution in [-0.2, 0) is 33.5 Å². The van der Waals surface area contributed by atoms with Gasteiger partial charge in [0.25, 0.3) is 11.8 Å². The lowest BCUT2D eigenvalue weighted by Gasteiger charge is -2.30. The average Bonchev–Trinajstić information content (AvgIpc) is 2.99. The summed E-state index contributed by atoms with van der Waals surface area (Å²) in [7, 11) is 0. The van der Waals surface area contributed by atoms with Gasteiger partial charge in [-0.1, -0.05) is 6.08 Å². The molecule has 1 heterocycles. The molecule has 166 valence electrons. The van der Waals surface area contributed by atoms with E-state index < -0.39 is 48.0 Å². The van der Waals surface area contributed by atoms with Gasteiger partial charge in [0, 0.05) is 19.4 Å². The number of imide groups is 1. The standard InChI is InChI=1S/C19H26N2O9/c1-19(17(26)30-21-14(22)5-6-15(21)23)8-3-2-4-13(7-9-19)29-18(27)20-10-11-28-12-16(24)25/h2,4,13H,3,5-12H2,1H3,(H,20,27)(H,24,25)/b4-2+/t13-,19+/m1/s1. The average molecular weight is 426 g/mol. The summed E-state index contributed by atoms with van der Waals surface area (Å²) in [5, 5.41) is 11.5. The first-order valence-corrected chi connectivity index (χ1v) is 9.70. The molecule has 0 bridgehead atoms. The number of carboxylic acids is 1. The molecule has 0 aromatic carbocycles. The number of aliphatic carboxylic acids is 1. The Morgan fingerprint density at radius 2 is 1.93 bits per heavy atom. The molecular weight excluding hydrogens is 400 g/mol. The van der Waals surface area contributed by atoms with Gasteiger partial charge in [-0.3, -0.25) is 9.59 Å². The van der Waals surface area contributed by atoms with Crippen LogP contribution in [0.15, 0.2) is 12.2 Å². The second-order valence-corrected chi connectivity index (χ2v) is 7.34. The Balaban J connectivity index is 1.82. The number of hydrogen-bond acceptors (Lipinski definition) is 8. The molecule has 2 N–H and O–H groups in total. The molecule has 1 aliphatic carbocycles. The summed E-state index contributed by atoms with van der Waals surface area (Å²) in [5.74, 6) is -2.83. The van der Waals surface area contributed by atoms with Crippen molar-refractivity contribution in [3.63, 3.8) is 0 Å². The van der Waals surface area contributed by atoms with Crippen LogP contribution in [0.1, 0.15) is 45.4 Å². The molecule has 11 heteroatoms. The molecule has 11 nitrogen and oxygen atoms in total. The molecule has 0 radical (unpaired) electrons. The topological polar surface area (TPSA) is 149 Å². The van der Waals surface area contributed by atoms with E-state index in [1.54, 1.807) is 19.1 Å². The number of hydrogen-bond donors (Lipinski definition) is 2. The number of alkyl carbamates (subject to hydrolysis) is 1. The quantitative estimate of drug-likeness (QED) is 0.328. The molecule has 0 unspecified atom stereocenters. The lowest BCUT2D eigenvalue weighted by molar-refractivity contribution is -0.205. The van der Waals surface area contributed by atoms with Crippen molar-refractivity contribution in [2.45, 2.75) is 51.6 Å². The summed E-state index contributed by atoms with van der Waals surface area (Å²) in [4.78, 5) is 63.3. The van der Waals surface area contributed by atoms with E-state index in [9.17, 15) is 24.0 Å². The van der Waals surface area contributed by atoms with Gasteiger partial charge < -0.3 is 24.7 Å². The van der Waals surface area contributed by atoms with Gasteiger partial charge in [0.2, 0.25) is 0 Å². The van der Waals surface area contributed by atoms with Crippen LogP contribution in [0.3, 0.4) is 0 Å². The summed E-state index contributed by atoms with van der Waals surface area (Å²) in [6.07, 6.45) is 3.96. The van der Waals surface area contributed by atoms with Gasteiger partial charge in [-0.05, 0) is 38.7 Å². The van der Waals surface area contributed by atoms with Crippen LogP contribution < -0.4 is 5.32 Å². The number of nitrogens with zero attached hydrogens (tertiary/aromatic N) is 1. The highest BCUT2D eigenvalue weighted by atomic mass is 16.7. The van der Waals surface area contributed by atoms with Crippen LogP contribution in [-0.4, -0.2) is 65.9 Å². The van der Waals surface area contributed by atoms with E-state index in [0.717, 1.165) is 0 Å². The minimum atomic E-state index is -1.10. The van der Waals surface area contributed by atoms with E-state index in [0.29, 0.717) is 30.7 Å². The fraction of sp³-hybridized carbons (Fsp3) is 0.632. The number of carbonyl (C=O) groups excluding carboxylic acids is 4. The first kappa shape index (κ1) is 23.3. The van der Waals surface area contributed by atoms with E-state index in [4.69, 9.17) is 19.4 Å². The van der Waals surface area contributed by atoms with Crippen molar-refractivity contribution in [1.29, 1.82) is 0 Å². The Kier molecular flexibility index (Phi) is 8.34. The molecule has 1 fully saturated rings. The Morgan fingerprint density at radius 1 is 1.23 bits per heavy atom. The smallest absolute Gasteiger partial charge is 0.407 e. The Bertz CT molecular complexity index is 705. The van der Waals surface area contributed by atoms with E-state index in [1.807, 2.05) is 0 Å². The van der Waals surface area contributed by atoms with E-state index >= 15 is 0 Å². The third-order valence-corrected chi connectivity index (χ3v) is 4.87. The maximum absolute atomic E-state index is 12.6. The molecule has 0 aromatic rings. The molecule has 30 heavy (non-hydrogen) atoms. The van der Waals surface area contributed by atoms with E-state index in [1.165, 1.54) is 0 Å². The minimum Gasteiger partial charge on any atom is -0.480 e. The van der Waals surface area contributed by atoms with Crippen LogP contribution in [0, 0.1) is 5.41 Å². The fourth-order valence-electron chi connectivity index (χ4n) is 3.05. The zero-order chi connectivity index (χ0) is 22.1. The fourth-order valence-corrected chi connectivity index (χ4v) is 3.05. The number of amides is 3. The summed E-state index contributed by atoms with van der Waals surface area (Å²) >= 11 is 0. The largest absolute Gasteiger partial charge is 0.480 e. The molecule has 0 aromatic heterocycles. The Hall–Kier alpha value is -2.95. The molecule has 3 amide bonds. The molecular formula is C19H26N2O9. The maximum atomic E-state index is 12.6. The van der Waals surface area contributed by atoms with Gasteiger partial charge in [0.1, 0.15) is 12.7 Å². The molecule has 2 rings (SSSR count). The van der Waals surface area contributed by atoms with Crippen molar-refractivity contribution < 1.29 is 43.4 Å². The van der Waals surface area contributed by atoms with Crippen LogP contribution in [0.2, 0.25) is 0 Å². The molecule has 2 atom stereocenters. The molecule has 2 aliphatic rings. The second-order valence-electron chi connectivity index (χ2n) is 7.34. The second kappa shape index (κ2) is 10.7. The summed E-state index contributed by atoms with van der Waals surface area (Å²) < 4.78 is 10.1. The number of ether oxygens (including phenoxy) is 2. The molecule has 0 saturated carbocycles. The van der Waals surface area contributed by atoms with Crippen LogP contribution in [0.25, 0.3) is 0 Å². The van der Waals surface area contributed by atoms with Gasteiger partial charge in [-0.15, -0.1) is 5.06 Å². The molecule has 1 saturated heterocycles. The number of carboxylic acid groups (broad SMARTS) is 1. The van der Waals surface area contributed by atoms with E-state index in [-0.39, 0.29) is 26.0 Å². The van der Waals surface area contributed by atoms with Crippen LogP contribution >= 0.6 is 0 Å². The Morgan fingerprint density at radius 3 is 2.60 bits per heavy atom. The lowest BCUT2D eigenvalue weighted by atomic mass is 9.79. The summed E-state index contributed by atoms with van der Waals surface area (Å²) in [6.45, 7) is 1.35. The highest BCUT2D eigenvalue weighted by molar-refractivity contribution is 6.01. The maximum Gasteiger partial charge on any atom is 0.407 e. The number of allylic oxidation sites excluding steroid dienone is 1. The SMILES string of the molecule is C[C@]1(C(=O)ON2C(=O)CCC2=O)CC/C=C/[C@@H](OC(=O)NCCOCC(=O)O)CC1. The van der Waals surface area contributed by atoms with Crippen LogP contribution in [0.5, 0.6) is 0 Å². The van der Waals surface area contributed by atoms with Crippen molar-refractivity contribution in [2.24, 2.45) is 5.41 Å². The van der Waals surface area contributed by atoms with Gasteiger partial charge >= 0.3 is 18.0 Å². The number of nitrogens with one attached hydrogen (secondary N) is 1. The van der Waals surface area contributed by atoms with Gasteiger partial charge in [0.05, 0.1) is 12.0 Å².